The molecular weight excluding hydrogens is 363 g/mol. The van der Waals surface area contributed by atoms with E-state index < -0.39 is 45.6 Å². The third-order valence-corrected chi connectivity index (χ3v) is 3.65. The van der Waals surface area contributed by atoms with E-state index in [2.05, 4.69) is 14.8 Å². The van der Waals surface area contributed by atoms with Gasteiger partial charge in [0.15, 0.2) is 5.69 Å². The first-order valence-corrected chi connectivity index (χ1v) is 7.06. The molecule has 0 aliphatic rings. The summed E-state index contributed by atoms with van der Waals surface area (Å²) in [5.41, 5.74) is 7.84. The lowest BCUT2D eigenvalue weighted by Crippen LogP contribution is -2.14. The number of halogens is 4. The number of benzene rings is 1. The van der Waals surface area contributed by atoms with Crippen LogP contribution in [0.1, 0.15) is 16.1 Å². The number of hydrogen-bond acceptors (Lipinski definition) is 5. The van der Waals surface area contributed by atoms with E-state index in [0.29, 0.717) is 0 Å². The highest BCUT2D eigenvalue weighted by molar-refractivity contribution is 6.33. The molecule has 3 aromatic rings. The molecular formula is C14H9ClF3N5O2. The van der Waals surface area contributed by atoms with Crippen molar-refractivity contribution < 1.29 is 22.5 Å². The summed E-state index contributed by atoms with van der Waals surface area (Å²) in [4.78, 5) is 11.5. The van der Waals surface area contributed by atoms with Crippen molar-refractivity contribution in [1.82, 2.24) is 14.9 Å². The Balaban J connectivity index is 2.34. The van der Waals surface area contributed by atoms with E-state index >= 15 is 0 Å². The maximum absolute atomic E-state index is 13.4. The van der Waals surface area contributed by atoms with Crippen molar-refractivity contribution in [3.8, 4) is 16.9 Å². The van der Waals surface area contributed by atoms with Crippen LogP contribution in [0, 0.1) is 0 Å². The zero-order valence-corrected chi connectivity index (χ0v) is 13.0. The predicted molar refractivity (Wildman–Crippen MR) is 82.0 cm³/mol. The Hall–Kier alpha value is -3.01. The number of para-hydroxylation sites is 1. The molecule has 0 saturated heterocycles. The van der Waals surface area contributed by atoms with Gasteiger partial charge in [-0.15, -0.1) is 0 Å². The molecule has 1 amide bonds. The van der Waals surface area contributed by atoms with Crippen LogP contribution in [0.25, 0.3) is 16.9 Å². The molecule has 0 bridgehead atoms. The highest BCUT2D eigenvalue weighted by atomic mass is 35.5. The maximum atomic E-state index is 13.4. The van der Waals surface area contributed by atoms with E-state index in [1.807, 2.05) is 0 Å². The molecule has 25 heavy (non-hydrogen) atoms. The third-order valence-electron chi connectivity index (χ3n) is 3.30. The monoisotopic (exact) mass is 371 g/mol. The van der Waals surface area contributed by atoms with Gasteiger partial charge in [0, 0.05) is 0 Å². The first-order chi connectivity index (χ1) is 11.7. The first kappa shape index (κ1) is 16.8. The van der Waals surface area contributed by atoms with E-state index in [1.165, 1.54) is 12.1 Å². The molecule has 0 spiro atoms. The van der Waals surface area contributed by atoms with Gasteiger partial charge in [0.1, 0.15) is 16.4 Å². The van der Waals surface area contributed by atoms with Gasteiger partial charge in [-0.2, -0.15) is 18.3 Å². The van der Waals surface area contributed by atoms with E-state index in [1.54, 1.807) is 18.2 Å². The van der Waals surface area contributed by atoms with Crippen LogP contribution in [0.15, 0.2) is 34.9 Å². The lowest BCUT2D eigenvalue weighted by atomic mass is 10.1. The number of aromatic nitrogens is 3. The van der Waals surface area contributed by atoms with Crippen LogP contribution < -0.4 is 11.5 Å². The number of hydrogen-bond donors (Lipinski definition) is 2. The summed E-state index contributed by atoms with van der Waals surface area (Å²) in [6.07, 6.45) is -4.87. The number of anilines is 1. The molecule has 2 aromatic heterocycles. The first-order valence-electron chi connectivity index (χ1n) is 6.68. The molecule has 4 N–H and O–H groups in total. The van der Waals surface area contributed by atoms with E-state index in [0.717, 1.165) is 4.68 Å². The number of alkyl halides is 3. The SMILES string of the molecule is NC(=O)c1c(-c2c(C(F)(F)F)nn(-c3ccccc3)c2Cl)noc1N. The number of nitrogens with two attached hydrogens (primary N) is 2. The second-order valence-corrected chi connectivity index (χ2v) is 5.25. The number of carbonyl (C=O) groups is 1. The summed E-state index contributed by atoms with van der Waals surface area (Å²) in [5.74, 6) is -1.62. The van der Waals surface area contributed by atoms with Crippen LogP contribution in [0.3, 0.4) is 0 Å². The normalized spacial score (nSPS) is 11.7. The molecule has 0 fully saturated rings. The van der Waals surface area contributed by atoms with Crippen molar-refractivity contribution in [2.24, 2.45) is 5.73 Å². The fourth-order valence-corrected chi connectivity index (χ4v) is 2.57. The van der Waals surface area contributed by atoms with Gasteiger partial charge in [-0.1, -0.05) is 35.0 Å². The molecule has 7 nitrogen and oxygen atoms in total. The second kappa shape index (κ2) is 5.81. The molecule has 0 atom stereocenters. The molecule has 0 unspecified atom stereocenters. The third kappa shape index (κ3) is 2.80. The number of rotatable bonds is 3. The number of primary amides is 1. The van der Waals surface area contributed by atoms with Gasteiger partial charge >= 0.3 is 6.18 Å². The van der Waals surface area contributed by atoms with Crippen molar-refractivity contribution in [3.63, 3.8) is 0 Å². The van der Waals surface area contributed by atoms with Crippen LogP contribution in [-0.4, -0.2) is 20.8 Å². The number of nitrogens with zero attached hydrogens (tertiary/aromatic N) is 3. The van der Waals surface area contributed by atoms with Crippen LogP contribution >= 0.6 is 11.6 Å². The molecule has 0 radical (unpaired) electrons. The fourth-order valence-electron chi connectivity index (χ4n) is 2.26. The number of amides is 1. The topological polar surface area (TPSA) is 113 Å². The van der Waals surface area contributed by atoms with E-state index in [9.17, 15) is 18.0 Å². The highest BCUT2D eigenvalue weighted by Crippen LogP contribution is 2.42. The van der Waals surface area contributed by atoms with Crippen LogP contribution in [0.5, 0.6) is 0 Å². The van der Waals surface area contributed by atoms with Gasteiger partial charge in [-0.25, -0.2) is 4.68 Å². The van der Waals surface area contributed by atoms with Gasteiger partial charge < -0.3 is 16.0 Å². The summed E-state index contributed by atoms with van der Waals surface area (Å²) in [6.45, 7) is 0. The molecule has 0 aliphatic carbocycles. The second-order valence-electron chi connectivity index (χ2n) is 4.89. The van der Waals surface area contributed by atoms with Gasteiger partial charge in [0.2, 0.25) is 5.88 Å². The maximum Gasteiger partial charge on any atom is 0.435 e. The lowest BCUT2D eigenvalue weighted by molar-refractivity contribution is -0.140. The van der Waals surface area contributed by atoms with Crippen molar-refractivity contribution in [2.75, 3.05) is 5.73 Å². The van der Waals surface area contributed by atoms with Crippen molar-refractivity contribution >= 4 is 23.4 Å². The van der Waals surface area contributed by atoms with Gasteiger partial charge in [0.05, 0.1) is 11.3 Å². The summed E-state index contributed by atoms with van der Waals surface area (Å²) >= 11 is 6.12. The Morgan fingerprint density at radius 2 is 1.88 bits per heavy atom. The minimum absolute atomic E-state index is 0.279. The minimum Gasteiger partial charge on any atom is -0.367 e. The van der Waals surface area contributed by atoms with Crippen molar-refractivity contribution in [3.05, 3.63) is 46.7 Å². The van der Waals surface area contributed by atoms with Crippen LogP contribution in [0.2, 0.25) is 5.15 Å². The average molecular weight is 372 g/mol. The Kier molecular flexibility index (Phi) is 3.91. The zero-order valence-electron chi connectivity index (χ0n) is 12.2. The summed E-state index contributed by atoms with van der Waals surface area (Å²) in [5, 5.41) is 6.51. The summed E-state index contributed by atoms with van der Waals surface area (Å²) in [7, 11) is 0. The van der Waals surface area contributed by atoms with Gasteiger partial charge in [-0.3, -0.25) is 4.79 Å². The lowest BCUT2D eigenvalue weighted by Gasteiger charge is -2.04. The van der Waals surface area contributed by atoms with Crippen molar-refractivity contribution in [2.45, 2.75) is 6.18 Å². The minimum atomic E-state index is -4.87. The van der Waals surface area contributed by atoms with Gasteiger partial charge in [0.25, 0.3) is 5.91 Å². The molecule has 0 saturated carbocycles. The summed E-state index contributed by atoms with van der Waals surface area (Å²) in [6, 6.07) is 7.90. The van der Waals surface area contributed by atoms with Crippen molar-refractivity contribution in [1.29, 1.82) is 0 Å². The molecule has 130 valence electrons. The molecule has 11 heteroatoms. The average Bonchev–Trinajstić information content (AvgIpc) is 3.08. The van der Waals surface area contributed by atoms with E-state index in [4.69, 9.17) is 23.1 Å². The number of nitrogen functional groups attached to an aromatic ring is 1. The summed E-state index contributed by atoms with van der Waals surface area (Å²) < 4.78 is 45.8. The molecule has 3 rings (SSSR count). The van der Waals surface area contributed by atoms with Crippen LogP contribution in [-0.2, 0) is 6.18 Å². The van der Waals surface area contributed by atoms with Crippen LogP contribution in [0.4, 0.5) is 19.1 Å². The predicted octanol–water partition coefficient (Wildman–Crippen LogP) is 2.88. The largest absolute Gasteiger partial charge is 0.435 e. The molecule has 1 aromatic carbocycles. The smallest absolute Gasteiger partial charge is 0.367 e. The molecule has 2 heterocycles. The number of carbonyl (C=O) groups excluding carboxylic acids is 1. The molecule has 0 aliphatic heterocycles. The fraction of sp³-hybridized carbons (Fsp3) is 0.0714. The Labute approximate surface area is 142 Å². The zero-order chi connectivity index (χ0) is 18.4. The Morgan fingerprint density at radius 3 is 2.44 bits per heavy atom. The Morgan fingerprint density at radius 1 is 1.24 bits per heavy atom. The highest BCUT2D eigenvalue weighted by Gasteiger charge is 2.42. The Bertz CT molecular complexity index is 950. The quantitative estimate of drug-likeness (QED) is 0.735. The van der Waals surface area contributed by atoms with E-state index in [-0.39, 0.29) is 5.69 Å². The van der Waals surface area contributed by atoms with Gasteiger partial charge in [-0.05, 0) is 12.1 Å². The standard InChI is InChI=1S/C14H9ClF3N5O2/c15-11-7(9-8(12(19)24)13(20)25-22-9)10(14(16,17)18)21-23(11)6-4-2-1-3-5-6/h1-5H,20H2,(H2,19,24).